The predicted molar refractivity (Wildman–Crippen MR) is 110 cm³/mol. The first-order valence-corrected chi connectivity index (χ1v) is 9.52. The number of H-pyrrole nitrogens is 1. The summed E-state index contributed by atoms with van der Waals surface area (Å²) in [6, 6.07) is 21.8. The van der Waals surface area contributed by atoms with Gasteiger partial charge in [0.05, 0.1) is 10.6 Å². The fourth-order valence-corrected chi connectivity index (χ4v) is 4.04. The van der Waals surface area contributed by atoms with Gasteiger partial charge < -0.3 is 15.4 Å². The number of carbonyl (C=O) groups is 1. The maximum Gasteiger partial charge on any atom is 0.353 e. The highest BCUT2D eigenvalue weighted by atomic mass is 32.2. The summed E-state index contributed by atoms with van der Waals surface area (Å²) in [5, 5.41) is 13.5. The topological polar surface area (TPSA) is 65.1 Å². The molecule has 0 unspecified atom stereocenters. The molecule has 0 atom stereocenters. The number of aromatic amines is 1. The van der Waals surface area contributed by atoms with Crippen molar-refractivity contribution >= 4 is 34.3 Å². The Morgan fingerprint density at radius 1 is 1.04 bits per heavy atom. The summed E-state index contributed by atoms with van der Waals surface area (Å²) in [6.07, 6.45) is 0. The minimum atomic E-state index is -0.999. The molecule has 4 aromatic rings. The smallest absolute Gasteiger partial charge is 0.353 e. The summed E-state index contributed by atoms with van der Waals surface area (Å²) in [4.78, 5) is 16.3. The second-order valence-corrected chi connectivity index (χ2v) is 7.35. The van der Waals surface area contributed by atoms with Gasteiger partial charge in [0, 0.05) is 22.3 Å². The third-order valence-corrected chi connectivity index (χ3v) is 5.49. The number of aromatic nitrogens is 1. The molecular weight excluding hydrogens is 375 g/mol. The minimum absolute atomic E-state index is 0.170. The molecule has 1 heterocycles. The van der Waals surface area contributed by atoms with Gasteiger partial charge in [-0.15, -0.1) is 0 Å². The molecule has 0 aliphatic carbocycles. The molecule has 0 aliphatic rings. The number of anilines is 1. The zero-order valence-corrected chi connectivity index (χ0v) is 15.6. The van der Waals surface area contributed by atoms with Crippen molar-refractivity contribution in [1.82, 2.24) is 4.98 Å². The van der Waals surface area contributed by atoms with Crippen molar-refractivity contribution < 1.29 is 14.3 Å². The van der Waals surface area contributed by atoms with Crippen LogP contribution in [0.25, 0.3) is 10.9 Å². The quantitative estimate of drug-likeness (QED) is 0.390. The number of nitrogens with one attached hydrogen (secondary N) is 2. The van der Waals surface area contributed by atoms with Gasteiger partial charge in [-0.05, 0) is 42.0 Å². The molecule has 4 nitrogen and oxygen atoms in total. The van der Waals surface area contributed by atoms with E-state index in [1.54, 1.807) is 18.2 Å². The molecule has 140 valence electrons. The van der Waals surface area contributed by atoms with Crippen molar-refractivity contribution in [2.75, 3.05) is 5.32 Å². The highest BCUT2D eigenvalue weighted by molar-refractivity contribution is 7.99. The third-order valence-electron chi connectivity index (χ3n) is 4.35. The Morgan fingerprint density at radius 2 is 1.79 bits per heavy atom. The molecular formula is C22H17FN2O2S. The number of aromatic carboxylic acids is 1. The number of hydrogen-bond acceptors (Lipinski definition) is 3. The van der Waals surface area contributed by atoms with Crippen LogP contribution in [0.15, 0.2) is 82.6 Å². The Balaban J connectivity index is 1.68. The molecule has 4 rings (SSSR count). The number of fused-ring (bicyclic) bond motifs is 1. The molecule has 0 fully saturated rings. The minimum Gasteiger partial charge on any atom is -0.477 e. The molecule has 3 aromatic carbocycles. The largest absolute Gasteiger partial charge is 0.477 e. The predicted octanol–water partition coefficient (Wildman–Crippen LogP) is 5.77. The van der Waals surface area contributed by atoms with Crippen LogP contribution in [0.5, 0.6) is 0 Å². The van der Waals surface area contributed by atoms with E-state index in [0.29, 0.717) is 17.1 Å². The highest BCUT2D eigenvalue weighted by Gasteiger charge is 2.18. The molecule has 0 bridgehead atoms. The van der Waals surface area contributed by atoms with Crippen LogP contribution in [0.3, 0.4) is 0 Å². The Bertz CT molecular complexity index is 1140. The van der Waals surface area contributed by atoms with E-state index in [9.17, 15) is 14.3 Å². The second-order valence-electron chi connectivity index (χ2n) is 6.26. The third kappa shape index (κ3) is 3.73. The van der Waals surface area contributed by atoms with E-state index in [0.717, 1.165) is 21.4 Å². The zero-order chi connectivity index (χ0) is 19.5. The van der Waals surface area contributed by atoms with Gasteiger partial charge in [0.1, 0.15) is 11.5 Å². The van der Waals surface area contributed by atoms with Crippen LogP contribution < -0.4 is 5.32 Å². The van der Waals surface area contributed by atoms with Gasteiger partial charge in [-0.3, -0.25) is 0 Å². The van der Waals surface area contributed by atoms with Crippen LogP contribution in [0.4, 0.5) is 10.1 Å². The van der Waals surface area contributed by atoms with Crippen LogP contribution in [0.1, 0.15) is 16.1 Å². The van der Waals surface area contributed by atoms with E-state index in [-0.39, 0.29) is 11.5 Å². The summed E-state index contributed by atoms with van der Waals surface area (Å²) in [6.45, 7) is 0.430. The highest BCUT2D eigenvalue weighted by Crippen LogP contribution is 2.37. The maximum atomic E-state index is 13.8. The van der Waals surface area contributed by atoms with Crippen LogP contribution >= 0.6 is 11.8 Å². The first-order valence-electron chi connectivity index (χ1n) is 8.71. The average molecular weight is 392 g/mol. The number of carboxylic acids is 1. The van der Waals surface area contributed by atoms with Gasteiger partial charge in [-0.2, -0.15) is 0 Å². The Morgan fingerprint density at radius 3 is 2.54 bits per heavy atom. The lowest BCUT2D eigenvalue weighted by molar-refractivity contribution is 0.0688. The molecule has 0 saturated carbocycles. The second kappa shape index (κ2) is 7.78. The van der Waals surface area contributed by atoms with Crippen molar-refractivity contribution in [2.45, 2.75) is 16.3 Å². The van der Waals surface area contributed by atoms with Crippen LogP contribution in [-0.4, -0.2) is 16.1 Å². The fourth-order valence-electron chi connectivity index (χ4n) is 2.99. The van der Waals surface area contributed by atoms with Crippen LogP contribution in [-0.2, 0) is 6.54 Å². The number of halogens is 1. The molecule has 0 spiro atoms. The summed E-state index contributed by atoms with van der Waals surface area (Å²) in [5.41, 5.74) is 2.29. The molecule has 28 heavy (non-hydrogen) atoms. The monoisotopic (exact) mass is 392 g/mol. The van der Waals surface area contributed by atoms with Gasteiger partial charge in [0.15, 0.2) is 0 Å². The summed E-state index contributed by atoms with van der Waals surface area (Å²) >= 11 is 1.41. The van der Waals surface area contributed by atoms with Gasteiger partial charge >= 0.3 is 5.97 Å². The fraction of sp³-hybridized carbons (Fsp3) is 0.0455. The van der Waals surface area contributed by atoms with Gasteiger partial charge in [-0.1, -0.05) is 48.2 Å². The van der Waals surface area contributed by atoms with Crippen molar-refractivity contribution in [3.8, 4) is 0 Å². The SMILES string of the molecule is O=C(O)c1[nH]c2ccc(CNc3ccccc3F)cc2c1Sc1ccccc1. The maximum absolute atomic E-state index is 13.8. The van der Waals surface area contributed by atoms with E-state index in [1.807, 2.05) is 48.5 Å². The van der Waals surface area contributed by atoms with Crippen molar-refractivity contribution in [2.24, 2.45) is 0 Å². The Hall–Kier alpha value is -3.25. The van der Waals surface area contributed by atoms with E-state index in [1.165, 1.54) is 17.8 Å². The number of hydrogen-bond donors (Lipinski definition) is 3. The number of para-hydroxylation sites is 1. The zero-order valence-electron chi connectivity index (χ0n) is 14.8. The molecule has 3 N–H and O–H groups in total. The average Bonchev–Trinajstić information content (AvgIpc) is 3.06. The first kappa shape index (κ1) is 18.1. The van der Waals surface area contributed by atoms with Gasteiger partial charge in [0.25, 0.3) is 0 Å². The molecule has 0 saturated heterocycles. The normalized spacial score (nSPS) is 10.9. The first-order chi connectivity index (χ1) is 13.6. The number of carboxylic acid groups (broad SMARTS) is 1. The van der Waals surface area contributed by atoms with Crippen molar-refractivity contribution in [1.29, 1.82) is 0 Å². The summed E-state index contributed by atoms with van der Waals surface area (Å²) < 4.78 is 13.8. The van der Waals surface area contributed by atoms with E-state index < -0.39 is 5.97 Å². The molecule has 0 radical (unpaired) electrons. The molecule has 0 amide bonds. The van der Waals surface area contributed by atoms with Crippen molar-refractivity contribution in [3.63, 3.8) is 0 Å². The number of benzene rings is 3. The van der Waals surface area contributed by atoms with Crippen LogP contribution in [0, 0.1) is 5.82 Å². The molecule has 1 aromatic heterocycles. The van der Waals surface area contributed by atoms with Crippen LogP contribution in [0.2, 0.25) is 0 Å². The van der Waals surface area contributed by atoms with Gasteiger partial charge in [-0.25, -0.2) is 9.18 Å². The lowest BCUT2D eigenvalue weighted by Gasteiger charge is -2.08. The van der Waals surface area contributed by atoms with E-state index in [2.05, 4.69) is 10.3 Å². The number of rotatable bonds is 6. The molecule has 0 aliphatic heterocycles. The van der Waals surface area contributed by atoms with Gasteiger partial charge in [0.2, 0.25) is 0 Å². The standard InChI is InChI=1S/C22H17FN2O2S/c23-17-8-4-5-9-19(17)24-13-14-10-11-18-16(12-14)21(20(25-18)22(26)27)28-15-6-2-1-3-7-15/h1-12,24-25H,13H2,(H,26,27). The summed E-state index contributed by atoms with van der Waals surface area (Å²) in [5.74, 6) is -1.31. The van der Waals surface area contributed by atoms with E-state index >= 15 is 0 Å². The lowest BCUT2D eigenvalue weighted by atomic mass is 10.1. The summed E-state index contributed by atoms with van der Waals surface area (Å²) in [7, 11) is 0. The van der Waals surface area contributed by atoms with E-state index in [4.69, 9.17) is 0 Å². The van der Waals surface area contributed by atoms with Crippen molar-refractivity contribution in [3.05, 3.63) is 89.9 Å². The lowest BCUT2D eigenvalue weighted by Crippen LogP contribution is -2.01. The molecule has 6 heteroatoms. The Kier molecular flexibility index (Phi) is 5.04. The Labute approximate surface area is 165 Å².